The maximum absolute atomic E-state index is 13.0. The molecule has 0 N–H and O–H groups in total. The van der Waals surface area contributed by atoms with Gasteiger partial charge in [0.1, 0.15) is 0 Å². The predicted molar refractivity (Wildman–Crippen MR) is 104 cm³/mol. The van der Waals surface area contributed by atoms with E-state index in [1.807, 2.05) is 68.4 Å². The highest BCUT2D eigenvalue weighted by atomic mass is 32.2. The molecule has 134 valence electrons. The highest BCUT2D eigenvalue weighted by Gasteiger charge is 2.32. The SMILES string of the molecule is CC(C)=CC(=O)OCC(=O)N1c2ccccc2SC[C@H]1c1ccccc1. The number of carbonyl (C=O) groups excluding carboxylic acids is 2. The summed E-state index contributed by atoms with van der Waals surface area (Å²) in [6, 6.07) is 17.7. The summed E-state index contributed by atoms with van der Waals surface area (Å²) in [5.41, 5.74) is 2.77. The molecule has 0 aliphatic carbocycles. The molecule has 1 aliphatic rings. The first-order valence-corrected chi connectivity index (χ1v) is 9.45. The van der Waals surface area contributed by atoms with E-state index in [1.54, 1.807) is 16.7 Å². The molecule has 1 amide bonds. The second kappa shape index (κ2) is 8.23. The van der Waals surface area contributed by atoms with Crippen LogP contribution in [0.5, 0.6) is 0 Å². The number of rotatable bonds is 4. The molecule has 0 radical (unpaired) electrons. The maximum atomic E-state index is 13.0. The van der Waals surface area contributed by atoms with Crippen molar-refractivity contribution in [3.8, 4) is 0 Å². The number of nitrogens with zero attached hydrogens (tertiary/aromatic N) is 1. The Labute approximate surface area is 157 Å². The van der Waals surface area contributed by atoms with Gasteiger partial charge in [-0.05, 0) is 31.5 Å². The van der Waals surface area contributed by atoms with Crippen molar-refractivity contribution in [3.05, 3.63) is 71.8 Å². The van der Waals surface area contributed by atoms with Crippen LogP contribution in [0.1, 0.15) is 25.5 Å². The summed E-state index contributed by atoms with van der Waals surface area (Å²) in [6.45, 7) is 3.35. The number of anilines is 1. The van der Waals surface area contributed by atoms with Gasteiger partial charge in [0, 0.05) is 16.7 Å². The Hall–Kier alpha value is -2.53. The highest BCUT2D eigenvalue weighted by Crippen LogP contribution is 2.43. The molecule has 0 saturated carbocycles. The molecular formula is C21H21NO3S. The number of carbonyl (C=O) groups is 2. The van der Waals surface area contributed by atoms with Crippen molar-refractivity contribution in [2.24, 2.45) is 0 Å². The Bertz CT molecular complexity index is 828. The van der Waals surface area contributed by atoms with E-state index in [1.165, 1.54) is 6.08 Å². The summed E-state index contributed by atoms with van der Waals surface area (Å²) in [6.07, 6.45) is 1.39. The third-order valence-electron chi connectivity index (χ3n) is 4.03. The Morgan fingerprint density at radius 1 is 1.12 bits per heavy atom. The largest absolute Gasteiger partial charge is 0.452 e. The van der Waals surface area contributed by atoms with Crippen LogP contribution in [-0.4, -0.2) is 24.2 Å². The fourth-order valence-electron chi connectivity index (χ4n) is 2.90. The van der Waals surface area contributed by atoms with E-state index in [0.29, 0.717) is 0 Å². The Kier molecular flexibility index (Phi) is 5.78. The smallest absolute Gasteiger partial charge is 0.331 e. The molecule has 5 heteroatoms. The second-order valence-corrected chi connectivity index (χ2v) is 7.36. The number of amides is 1. The number of fused-ring (bicyclic) bond motifs is 1. The first kappa shape index (κ1) is 18.3. The van der Waals surface area contributed by atoms with Crippen molar-refractivity contribution in [3.63, 3.8) is 0 Å². The van der Waals surface area contributed by atoms with Gasteiger partial charge in [-0.3, -0.25) is 9.69 Å². The van der Waals surface area contributed by atoms with Crippen molar-refractivity contribution >= 4 is 29.3 Å². The first-order valence-electron chi connectivity index (χ1n) is 8.47. The lowest BCUT2D eigenvalue weighted by atomic mass is 10.1. The normalized spacial score (nSPS) is 15.8. The van der Waals surface area contributed by atoms with E-state index in [2.05, 4.69) is 0 Å². The number of ether oxygens (including phenoxy) is 1. The maximum Gasteiger partial charge on any atom is 0.331 e. The van der Waals surface area contributed by atoms with Gasteiger partial charge in [-0.15, -0.1) is 11.8 Å². The topological polar surface area (TPSA) is 46.6 Å². The predicted octanol–water partition coefficient (Wildman–Crippen LogP) is 4.38. The number of para-hydroxylation sites is 1. The second-order valence-electron chi connectivity index (χ2n) is 6.30. The summed E-state index contributed by atoms with van der Waals surface area (Å²) in [4.78, 5) is 27.5. The van der Waals surface area contributed by atoms with Crippen LogP contribution < -0.4 is 4.90 Å². The van der Waals surface area contributed by atoms with Gasteiger partial charge in [-0.25, -0.2) is 4.79 Å². The number of hydrogen-bond donors (Lipinski definition) is 0. The van der Waals surface area contributed by atoms with E-state index < -0.39 is 5.97 Å². The quantitative estimate of drug-likeness (QED) is 0.594. The van der Waals surface area contributed by atoms with Gasteiger partial charge < -0.3 is 4.74 Å². The van der Waals surface area contributed by atoms with Crippen LogP contribution in [0.15, 0.2) is 71.1 Å². The minimum absolute atomic E-state index is 0.0919. The molecule has 26 heavy (non-hydrogen) atoms. The van der Waals surface area contributed by atoms with Crippen LogP contribution in [0.3, 0.4) is 0 Å². The van der Waals surface area contributed by atoms with Crippen molar-refractivity contribution in [2.45, 2.75) is 24.8 Å². The third-order valence-corrected chi connectivity index (χ3v) is 5.17. The molecule has 1 aliphatic heterocycles. The van der Waals surface area contributed by atoms with Gasteiger partial charge >= 0.3 is 5.97 Å². The number of hydrogen-bond acceptors (Lipinski definition) is 4. The highest BCUT2D eigenvalue weighted by molar-refractivity contribution is 7.99. The summed E-state index contributed by atoms with van der Waals surface area (Å²) >= 11 is 1.73. The molecule has 1 heterocycles. The fourth-order valence-corrected chi connectivity index (χ4v) is 4.07. The summed E-state index contributed by atoms with van der Waals surface area (Å²) in [5.74, 6) is 0.0469. The monoisotopic (exact) mass is 367 g/mol. The first-order chi connectivity index (χ1) is 12.6. The Morgan fingerprint density at radius 2 is 1.81 bits per heavy atom. The van der Waals surface area contributed by atoms with Gasteiger partial charge in [-0.2, -0.15) is 0 Å². The van der Waals surface area contributed by atoms with Gasteiger partial charge in [-0.1, -0.05) is 48.0 Å². The Morgan fingerprint density at radius 3 is 2.54 bits per heavy atom. The van der Waals surface area contributed by atoms with E-state index in [9.17, 15) is 9.59 Å². The van der Waals surface area contributed by atoms with E-state index in [4.69, 9.17) is 4.74 Å². The van der Waals surface area contributed by atoms with Crippen molar-refractivity contribution in [2.75, 3.05) is 17.3 Å². The molecule has 2 aromatic carbocycles. The van der Waals surface area contributed by atoms with Crippen LogP contribution in [0.25, 0.3) is 0 Å². The van der Waals surface area contributed by atoms with Crippen LogP contribution in [0.4, 0.5) is 5.69 Å². The minimum atomic E-state index is -0.491. The van der Waals surface area contributed by atoms with Crippen LogP contribution in [-0.2, 0) is 14.3 Å². The van der Waals surface area contributed by atoms with Gasteiger partial charge in [0.05, 0.1) is 11.7 Å². The van der Waals surface area contributed by atoms with E-state index in [0.717, 1.165) is 27.5 Å². The van der Waals surface area contributed by atoms with E-state index in [-0.39, 0.29) is 18.6 Å². The van der Waals surface area contributed by atoms with Gasteiger partial charge in [0.25, 0.3) is 5.91 Å². The van der Waals surface area contributed by atoms with Gasteiger partial charge in [0.2, 0.25) is 0 Å². The molecule has 1 atom stereocenters. The molecule has 0 fully saturated rings. The number of thioether (sulfide) groups is 1. The fraction of sp³-hybridized carbons (Fsp3) is 0.238. The van der Waals surface area contributed by atoms with Crippen LogP contribution in [0, 0.1) is 0 Å². The zero-order valence-electron chi connectivity index (χ0n) is 14.8. The molecule has 0 aromatic heterocycles. The molecule has 3 rings (SSSR count). The van der Waals surface area contributed by atoms with Crippen LogP contribution in [0.2, 0.25) is 0 Å². The third kappa shape index (κ3) is 4.17. The molecule has 0 bridgehead atoms. The van der Waals surface area contributed by atoms with Crippen molar-refractivity contribution in [1.82, 2.24) is 0 Å². The molecule has 0 spiro atoms. The number of benzene rings is 2. The standard InChI is InChI=1S/C21H21NO3S/c1-15(2)12-21(24)25-13-20(23)22-17-10-6-7-11-19(17)26-14-18(22)16-8-4-3-5-9-16/h3-12,18H,13-14H2,1-2H3/t18-/m0/s1. The summed E-state index contributed by atoms with van der Waals surface area (Å²) in [7, 11) is 0. The van der Waals surface area contributed by atoms with E-state index >= 15 is 0 Å². The van der Waals surface area contributed by atoms with Crippen molar-refractivity contribution in [1.29, 1.82) is 0 Å². The molecule has 2 aromatic rings. The number of esters is 1. The van der Waals surface area contributed by atoms with Crippen molar-refractivity contribution < 1.29 is 14.3 Å². The van der Waals surface area contributed by atoms with Crippen LogP contribution >= 0.6 is 11.8 Å². The average molecular weight is 367 g/mol. The Balaban J connectivity index is 1.87. The lowest BCUT2D eigenvalue weighted by molar-refractivity contribution is -0.143. The average Bonchev–Trinajstić information content (AvgIpc) is 2.65. The molecule has 4 nitrogen and oxygen atoms in total. The summed E-state index contributed by atoms with van der Waals surface area (Å²) < 4.78 is 5.15. The zero-order valence-corrected chi connectivity index (χ0v) is 15.7. The molecule has 0 unspecified atom stereocenters. The minimum Gasteiger partial charge on any atom is -0.452 e. The lowest BCUT2D eigenvalue weighted by Gasteiger charge is -2.37. The number of allylic oxidation sites excluding steroid dienone is 1. The lowest BCUT2D eigenvalue weighted by Crippen LogP contribution is -2.41. The molecular weight excluding hydrogens is 346 g/mol. The van der Waals surface area contributed by atoms with Gasteiger partial charge in [0.15, 0.2) is 6.61 Å². The summed E-state index contributed by atoms with van der Waals surface area (Å²) in [5, 5.41) is 0. The zero-order chi connectivity index (χ0) is 18.5. The molecule has 0 saturated heterocycles.